The van der Waals surface area contributed by atoms with E-state index < -0.39 is 0 Å². The summed E-state index contributed by atoms with van der Waals surface area (Å²) in [4.78, 5) is 4.87. The van der Waals surface area contributed by atoms with E-state index in [1.54, 1.807) is 7.11 Å². The second-order valence-corrected chi connectivity index (χ2v) is 3.55. The number of hydroxylamine groups is 1. The Morgan fingerprint density at radius 2 is 2.20 bits per heavy atom. The monoisotopic (exact) mass is 226 g/mol. The Morgan fingerprint density at radius 1 is 1.53 bits per heavy atom. The van der Waals surface area contributed by atoms with E-state index in [0.717, 1.165) is 16.8 Å². The minimum absolute atomic E-state index is 0.667. The van der Waals surface area contributed by atoms with Crippen LogP contribution >= 0.6 is 11.6 Å². The fourth-order valence-electron chi connectivity index (χ4n) is 1.32. The predicted molar refractivity (Wildman–Crippen MR) is 64.4 cm³/mol. The summed E-state index contributed by atoms with van der Waals surface area (Å²) in [5, 5.41) is 0.670. The van der Waals surface area contributed by atoms with E-state index in [4.69, 9.17) is 22.2 Å². The van der Waals surface area contributed by atoms with Gasteiger partial charge in [-0.1, -0.05) is 17.7 Å². The molecule has 0 unspecified atom stereocenters. The van der Waals surface area contributed by atoms with Crippen LogP contribution in [0.25, 0.3) is 5.70 Å². The predicted octanol–water partition coefficient (Wildman–Crippen LogP) is 2.74. The molecule has 3 N–H and O–H groups in total. The van der Waals surface area contributed by atoms with Crippen LogP contribution in [-0.4, -0.2) is 7.11 Å². The van der Waals surface area contributed by atoms with Crippen molar-refractivity contribution < 1.29 is 4.84 Å². The molecule has 3 nitrogen and oxygen atoms in total. The fourth-order valence-corrected chi connectivity index (χ4v) is 1.48. The van der Waals surface area contributed by atoms with Gasteiger partial charge >= 0.3 is 0 Å². The van der Waals surface area contributed by atoms with E-state index in [9.17, 15) is 0 Å². The van der Waals surface area contributed by atoms with E-state index in [1.807, 2.05) is 32.1 Å². The zero-order chi connectivity index (χ0) is 11.4. The van der Waals surface area contributed by atoms with Gasteiger partial charge in [0.25, 0.3) is 0 Å². The van der Waals surface area contributed by atoms with Crippen LogP contribution in [0.4, 0.5) is 5.69 Å². The number of hydrogen-bond acceptors (Lipinski definition) is 3. The molecule has 0 saturated heterocycles. The Bertz CT molecular complexity index is 388. The van der Waals surface area contributed by atoms with Gasteiger partial charge in [-0.05, 0) is 31.5 Å². The molecule has 0 aromatic heterocycles. The standard InChI is InChI=1S/C11H15ClN2O/c1-4-10(14-15-3)8-5-6-9(12)7(2)11(8)13/h4-6,14H,13H2,1-3H3. The first-order valence-electron chi connectivity index (χ1n) is 4.62. The van der Waals surface area contributed by atoms with Crippen LogP contribution in [0.2, 0.25) is 5.02 Å². The first-order chi connectivity index (χ1) is 7.11. The van der Waals surface area contributed by atoms with Crippen LogP contribution in [0, 0.1) is 6.92 Å². The van der Waals surface area contributed by atoms with Crippen molar-refractivity contribution in [1.82, 2.24) is 5.48 Å². The van der Waals surface area contributed by atoms with Crippen molar-refractivity contribution in [2.45, 2.75) is 13.8 Å². The average Bonchev–Trinajstić information content (AvgIpc) is 2.24. The van der Waals surface area contributed by atoms with Gasteiger partial charge in [0.1, 0.15) is 0 Å². The molecule has 0 atom stereocenters. The quantitative estimate of drug-likeness (QED) is 0.616. The molecule has 0 saturated carbocycles. The zero-order valence-electron chi connectivity index (χ0n) is 9.10. The molecule has 0 aliphatic carbocycles. The van der Waals surface area contributed by atoms with Crippen molar-refractivity contribution in [2.75, 3.05) is 12.8 Å². The number of nitrogens with one attached hydrogen (secondary N) is 1. The molecule has 0 aliphatic rings. The lowest BCUT2D eigenvalue weighted by molar-refractivity contribution is 0.136. The highest BCUT2D eigenvalue weighted by Gasteiger charge is 2.09. The number of nitrogens with two attached hydrogens (primary N) is 1. The van der Waals surface area contributed by atoms with Crippen LogP contribution in [0.15, 0.2) is 18.2 Å². The maximum atomic E-state index is 5.97. The largest absolute Gasteiger partial charge is 0.398 e. The third kappa shape index (κ3) is 2.43. The summed E-state index contributed by atoms with van der Waals surface area (Å²) in [7, 11) is 1.56. The highest BCUT2D eigenvalue weighted by atomic mass is 35.5. The third-order valence-corrected chi connectivity index (χ3v) is 2.65. The summed E-state index contributed by atoms with van der Waals surface area (Å²) in [5.41, 5.74) is 12.0. The number of hydrogen-bond donors (Lipinski definition) is 2. The molecule has 0 amide bonds. The molecule has 0 heterocycles. The number of allylic oxidation sites excluding steroid dienone is 1. The van der Waals surface area contributed by atoms with Gasteiger partial charge in [-0.3, -0.25) is 10.3 Å². The Hall–Kier alpha value is -1.19. The van der Waals surface area contributed by atoms with E-state index >= 15 is 0 Å². The van der Waals surface area contributed by atoms with Gasteiger partial charge in [-0.25, -0.2) is 0 Å². The smallest absolute Gasteiger partial charge is 0.0654 e. The topological polar surface area (TPSA) is 47.3 Å². The number of nitrogen functional groups attached to an aromatic ring is 1. The Balaban J connectivity index is 3.20. The highest BCUT2D eigenvalue weighted by Crippen LogP contribution is 2.28. The van der Waals surface area contributed by atoms with Crippen LogP contribution in [0.5, 0.6) is 0 Å². The minimum Gasteiger partial charge on any atom is -0.398 e. The van der Waals surface area contributed by atoms with Crippen LogP contribution in [0.1, 0.15) is 18.1 Å². The molecule has 0 bridgehead atoms. The van der Waals surface area contributed by atoms with Crippen molar-refractivity contribution in [1.29, 1.82) is 0 Å². The second-order valence-electron chi connectivity index (χ2n) is 3.14. The first-order valence-corrected chi connectivity index (χ1v) is 4.99. The van der Waals surface area contributed by atoms with Gasteiger partial charge in [0.05, 0.1) is 12.8 Å². The summed E-state index contributed by atoms with van der Waals surface area (Å²) >= 11 is 5.96. The lowest BCUT2D eigenvalue weighted by Crippen LogP contribution is -2.11. The van der Waals surface area contributed by atoms with E-state index in [1.165, 1.54) is 0 Å². The summed E-state index contributed by atoms with van der Waals surface area (Å²) in [6.45, 7) is 3.80. The van der Waals surface area contributed by atoms with Gasteiger partial charge in [-0.15, -0.1) is 0 Å². The van der Waals surface area contributed by atoms with Crippen molar-refractivity contribution in [2.24, 2.45) is 0 Å². The van der Waals surface area contributed by atoms with Crippen molar-refractivity contribution in [3.05, 3.63) is 34.4 Å². The highest BCUT2D eigenvalue weighted by molar-refractivity contribution is 6.31. The number of rotatable bonds is 3. The molecule has 82 valence electrons. The number of halogens is 1. The maximum absolute atomic E-state index is 5.97. The van der Waals surface area contributed by atoms with Gasteiger partial charge in [0.2, 0.25) is 0 Å². The molecular formula is C11H15ClN2O. The summed E-state index contributed by atoms with van der Waals surface area (Å²) in [6, 6.07) is 3.69. The van der Waals surface area contributed by atoms with Crippen LogP contribution in [-0.2, 0) is 4.84 Å². The number of anilines is 1. The summed E-state index contributed by atoms with van der Waals surface area (Å²) in [5.74, 6) is 0. The maximum Gasteiger partial charge on any atom is 0.0654 e. The number of benzene rings is 1. The Morgan fingerprint density at radius 3 is 2.73 bits per heavy atom. The average molecular weight is 227 g/mol. The van der Waals surface area contributed by atoms with E-state index in [2.05, 4.69) is 5.48 Å². The van der Waals surface area contributed by atoms with Crippen LogP contribution < -0.4 is 11.2 Å². The third-order valence-electron chi connectivity index (χ3n) is 2.24. The SMILES string of the molecule is CC=C(NOC)c1ccc(Cl)c(C)c1N. The zero-order valence-corrected chi connectivity index (χ0v) is 9.85. The molecule has 15 heavy (non-hydrogen) atoms. The van der Waals surface area contributed by atoms with Crippen molar-refractivity contribution >= 4 is 23.0 Å². The van der Waals surface area contributed by atoms with E-state index in [-0.39, 0.29) is 0 Å². The van der Waals surface area contributed by atoms with Crippen molar-refractivity contribution in [3.8, 4) is 0 Å². The summed E-state index contributed by atoms with van der Waals surface area (Å²) in [6.07, 6.45) is 1.89. The molecule has 0 fully saturated rings. The van der Waals surface area contributed by atoms with Gasteiger partial charge < -0.3 is 5.73 Å². The lowest BCUT2D eigenvalue weighted by atomic mass is 10.1. The van der Waals surface area contributed by atoms with E-state index in [0.29, 0.717) is 10.7 Å². The fraction of sp³-hybridized carbons (Fsp3) is 0.273. The van der Waals surface area contributed by atoms with Gasteiger partial charge in [-0.2, -0.15) is 0 Å². The molecule has 1 rings (SSSR count). The summed E-state index contributed by atoms with van der Waals surface area (Å²) < 4.78 is 0. The Kier molecular flexibility index (Phi) is 4.00. The molecule has 1 aromatic carbocycles. The van der Waals surface area contributed by atoms with Gasteiger partial charge in [0, 0.05) is 16.3 Å². The molecule has 1 aromatic rings. The molecule has 0 spiro atoms. The van der Waals surface area contributed by atoms with Gasteiger partial charge in [0.15, 0.2) is 0 Å². The minimum atomic E-state index is 0.667. The molecule has 0 aliphatic heterocycles. The van der Waals surface area contributed by atoms with Crippen LogP contribution in [0.3, 0.4) is 0 Å². The molecule has 0 radical (unpaired) electrons. The lowest BCUT2D eigenvalue weighted by Gasteiger charge is -2.13. The second kappa shape index (κ2) is 5.05. The normalized spacial score (nSPS) is 11.6. The molecule has 4 heteroatoms. The Labute approximate surface area is 94.8 Å². The van der Waals surface area contributed by atoms with Crippen molar-refractivity contribution in [3.63, 3.8) is 0 Å². The molecular weight excluding hydrogens is 212 g/mol. The first kappa shape index (κ1) is 11.9.